The van der Waals surface area contributed by atoms with E-state index in [9.17, 15) is 19.2 Å². The molecule has 0 aromatic heterocycles. The maximum Gasteiger partial charge on any atom is 0.335 e. The molecule has 0 unspecified atom stereocenters. The smallest absolute Gasteiger partial charge is 0.335 e. The van der Waals surface area contributed by atoms with Gasteiger partial charge in [-0.1, -0.05) is 18.2 Å². The topological polar surface area (TPSA) is 104 Å². The van der Waals surface area contributed by atoms with Crippen LogP contribution in [0.1, 0.15) is 27.0 Å². The summed E-state index contributed by atoms with van der Waals surface area (Å²) < 4.78 is 0. The number of imide groups is 1. The second-order valence-corrected chi connectivity index (χ2v) is 7.61. The van der Waals surface area contributed by atoms with Crippen LogP contribution in [-0.4, -0.2) is 39.6 Å². The first-order valence-electron chi connectivity index (χ1n) is 8.70. The number of nitrogens with zero attached hydrogens (tertiary/aromatic N) is 1. The molecule has 0 atom stereocenters. The van der Waals surface area contributed by atoms with Crippen molar-refractivity contribution in [3.63, 3.8) is 0 Å². The molecule has 0 spiro atoms. The Labute approximate surface area is 171 Å². The Balaban J connectivity index is 1.69. The number of carboxylic acid groups (broad SMARTS) is 1. The second kappa shape index (κ2) is 8.32. The SMILES string of the molecule is Cc1cc(C)cc(NC(=O)CN2C(=O)S/C(=C\c3ccc(C(=O)O)cc3)C2=O)c1. The van der Waals surface area contributed by atoms with Crippen molar-refractivity contribution in [1.82, 2.24) is 4.90 Å². The Bertz CT molecular complexity index is 1020. The van der Waals surface area contributed by atoms with Gasteiger partial charge in [-0.05, 0) is 72.6 Å². The van der Waals surface area contributed by atoms with Crippen LogP contribution >= 0.6 is 11.8 Å². The molecule has 2 aromatic carbocycles. The number of anilines is 1. The minimum Gasteiger partial charge on any atom is -0.478 e. The van der Waals surface area contributed by atoms with E-state index >= 15 is 0 Å². The fourth-order valence-corrected chi connectivity index (χ4v) is 3.74. The monoisotopic (exact) mass is 410 g/mol. The molecule has 7 nitrogen and oxygen atoms in total. The summed E-state index contributed by atoms with van der Waals surface area (Å²) in [6.45, 7) is 3.44. The molecule has 1 saturated heterocycles. The van der Waals surface area contributed by atoms with Crippen LogP contribution in [0.2, 0.25) is 0 Å². The van der Waals surface area contributed by atoms with E-state index in [4.69, 9.17) is 5.11 Å². The summed E-state index contributed by atoms with van der Waals surface area (Å²) in [4.78, 5) is 49.0. The Morgan fingerprint density at radius 2 is 1.69 bits per heavy atom. The summed E-state index contributed by atoms with van der Waals surface area (Å²) in [5.41, 5.74) is 3.29. The zero-order chi connectivity index (χ0) is 21.1. The van der Waals surface area contributed by atoms with E-state index in [1.54, 1.807) is 24.3 Å². The van der Waals surface area contributed by atoms with Gasteiger partial charge in [0.2, 0.25) is 5.91 Å². The summed E-state index contributed by atoms with van der Waals surface area (Å²) in [5.74, 6) is -2.08. The molecule has 1 heterocycles. The minimum atomic E-state index is -1.05. The molecule has 1 aliphatic rings. The van der Waals surface area contributed by atoms with E-state index in [1.165, 1.54) is 18.2 Å². The van der Waals surface area contributed by atoms with Gasteiger partial charge in [0.1, 0.15) is 6.54 Å². The summed E-state index contributed by atoms with van der Waals surface area (Å²) in [5, 5.41) is 11.1. The Morgan fingerprint density at radius 1 is 1.07 bits per heavy atom. The van der Waals surface area contributed by atoms with Crippen LogP contribution in [0.5, 0.6) is 0 Å². The van der Waals surface area contributed by atoms with Gasteiger partial charge in [0, 0.05) is 5.69 Å². The van der Waals surface area contributed by atoms with Crippen molar-refractivity contribution in [1.29, 1.82) is 0 Å². The van der Waals surface area contributed by atoms with Gasteiger partial charge < -0.3 is 10.4 Å². The predicted octanol–water partition coefficient (Wildman–Crippen LogP) is 3.68. The third-order valence-electron chi connectivity index (χ3n) is 4.14. The number of hydrogen-bond donors (Lipinski definition) is 2. The first kappa shape index (κ1) is 20.3. The number of hydrogen-bond acceptors (Lipinski definition) is 5. The summed E-state index contributed by atoms with van der Waals surface area (Å²) in [7, 11) is 0. The normalized spacial score (nSPS) is 15.1. The van der Waals surface area contributed by atoms with Crippen molar-refractivity contribution in [3.05, 3.63) is 69.6 Å². The number of nitrogens with one attached hydrogen (secondary N) is 1. The molecule has 0 bridgehead atoms. The molecule has 0 radical (unpaired) electrons. The van der Waals surface area contributed by atoms with Gasteiger partial charge in [-0.3, -0.25) is 19.3 Å². The van der Waals surface area contributed by atoms with Crippen LogP contribution in [0.25, 0.3) is 6.08 Å². The molecule has 1 fully saturated rings. The van der Waals surface area contributed by atoms with Crippen molar-refractivity contribution >= 4 is 46.5 Å². The zero-order valence-electron chi connectivity index (χ0n) is 15.8. The highest BCUT2D eigenvalue weighted by molar-refractivity contribution is 8.18. The van der Waals surface area contributed by atoms with Gasteiger partial charge in [0.25, 0.3) is 11.1 Å². The van der Waals surface area contributed by atoms with E-state index < -0.39 is 23.0 Å². The molecule has 0 saturated carbocycles. The second-order valence-electron chi connectivity index (χ2n) is 6.62. The van der Waals surface area contributed by atoms with Crippen molar-refractivity contribution in [2.24, 2.45) is 0 Å². The van der Waals surface area contributed by atoms with Crippen molar-refractivity contribution < 1.29 is 24.3 Å². The number of thioether (sulfide) groups is 1. The minimum absolute atomic E-state index is 0.123. The van der Waals surface area contributed by atoms with Crippen LogP contribution < -0.4 is 5.32 Å². The van der Waals surface area contributed by atoms with E-state index in [-0.39, 0.29) is 17.0 Å². The molecule has 8 heteroatoms. The maximum atomic E-state index is 12.5. The number of aryl methyl sites for hydroxylation is 2. The van der Waals surface area contributed by atoms with Gasteiger partial charge in [0.15, 0.2) is 0 Å². The number of aromatic carboxylic acids is 1. The molecule has 3 rings (SSSR count). The van der Waals surface area contributed by atoms with E-state index in [1.807, 2.05) is 19.9 Å². The van der Waals surface area contributed by atoms with Crippen molar-refractivity contribution in [2.45, 2.75) is 13.8 Å². The third kappa shape index (κ3) is 4.91. The van der Waals surface area contributed by atoms with Crippen LogP contribution in [0, 0.1) is 13.8 Å². The predicted molar refractivity (Wildman–Crippen MR) is 111 cm³/mol. The maximum absolute atomic E-state index is 12.5. The van der Waals surface area contributed by atoms with E-state index in [0.29, 0.717) is 11.3 Å². The number of carbonyl (C=O) groups excluding carboxylic acids is 3. The number of benzene rings is 2. The first-order chi connectivity index (χ1) is 13.7. The third-order valence-corrected chi connectivity index (χ3v) is 5.04. The number of carboxylic acids is 1. The highest BCUT2D eigenvalue weighted by Gasteiger charge is 2.36. The lowest BCUT2D eigenvalue weighted by atomic mass is 10.1. The number of amides is 3. The standard InChI is InChI=1S/C21H18N2O5S/c1-12-7-13(2)9-16(8-12)22-18(24)11-23-19(25)17(29-21(23)28)10-14-3-5-15(6-4-14)20(26)27/h3-10H,11H2,1-2H3,(H,22,24)(H,26,27)/b17-10-. The van der Waals surface area contributed by atoms with Crippen molar-refractivity contribution in [3.8, 4) is 0 Å². The lowest BCUT2D eigenvalue weighted by Crippen LogP contribution is -2.36. The van der Waals surface area contributed by atoms with E-state index in [0.717, 1.165) is 27.8 Å². The van der Waals surface area contributed by atoms with Gasteiger partial charge in [0.05, 0.1) is 10.5 Å². The summed E-state index contributed by atoms with van der Waals surface area (Å²) in [6, 6.07) is 11.5. The molecule has 0 aliphatic carbocycles. The Morgan fingerprint density at radius 3 is 2.28 bits per heavy atom. The molecule has 3 amide bonds. The van der Waals surface area contributed by atoms with Crippen LogP contribution in [0.15, 0.2) is 47.4 Å². The largest absolute Gasteiger partial charge is 0.478 e. The van der Waals surface area contributed by atoms with Crippen LogP contribution in [-0.2, 0) is 9.59 Å². The molecule has 2 N–H and O–H groups in total. The fraction of sp³-hybridized carbons (Fsp3) is 0.143. The lowest BCUT2D eigenvalue weighted by molar-refractivity contribution is -0.127. The zero-order valence-corrected chi connectivity index (χ0v) is 16.6. The van der Waals surface area contributed by atoms with Gasteiger partial charge in [-0.15, -0.1) is 0 Å². The average Bonchev–Trinajstić information content (AvgIpc) is 2.88. The van der Waals surface area contributed by atoms with Crippen LogP contribution in [0.3, 0.4) is 0 Å². The van der Waals surface area contributed by atoms with E-state index in [2.05, 4.69) is 5.32 Å². The molecule has 2 aromatic rings. The highest BCUT2D eigenvalue weighted by Crippen LogP contribution is 2.32. The van der Waals surface area contributed by atoms with Gasteiger partial charge >= 0.3 is 5.97 Å². The van der Waals surface area contributed by atoms with Gasteiger partial charge in [-0.25, -0.2) is 4.79 Å². The van der Waals surface area contributed by atoms with Crippen LogP contribution in [0.4, 0.5) is 10.5 Å². The first-order valence-corrected chi connectivity index (χ1v) is 9.51. The lowest BCUT2D eigenvalue weighted by Gasteiger charge is -2.13. The molecular formula is C21H18N2O5S. The number of rotatable bonds is 5. The average molecular weight is 410 g/mol. The fourth-order valence-electron chi connectivity index (χ4n) is 2.90. The number of carbonyl (C=O) groups is 4. The summed E-state index contributed by atoms with van der Waals surface area (Å²) in [6.07, 6.45) is 1.50. The molecule has 148 valence electrons. The molecule has 29 heavy (non-hydrogen) atoms. The molecular weight excluding hydrogens is 392 g/mol. The Kier molecular flexibility index (Phi) is 5.84. The Hall–Kier alpha value is -3.39. The highest BCUT2D eigenvalue weighted by atomic mass is 32.2. The van der Waals surface area contributed by atoms with Gasteiger partial charge in [-0.2, -0.15) is 0 Å². The van der Waals surface area contributed by atoms with Crippen molar-refractivity contribution in [2.75, 3.05) is 11.9 Å². The summed E-state index contributed by atoms with van der Waals surface area (Å²) >= 11 is 0.743. The molecule has 1 aliphatic heterocycles. The quantitative estimate of drug-likeness (QED) is 0.729.